The molecular formula is C15H9ClO6S. The van der Waals surface area contributed by atoms with E-state index in [1.807, 2.05) is 0 Å². The van der Waals surface area contributed by atoms with Crippen molar-refractivity contribution in [2.45, 2.75) is 11.8 Å². The van der Waals surface area contributed by atoms with Gasteiger partial charge in [-0.3, -0.25) is 4.79 Å². The molecule has 23 heavy (non-hydrogen) atoms. The van der Waals surface area contributed by atoms with Crippen molar-refractivity contribution >= 4 is 47.6 Å². The fourth-order valence-electron chi connectivity index (χ4n) is 2.38. The molecule has 1 heterocycles. The third-order valence-corrected chi connectivity index (χ3v) is 4.72. The van der Waals surface area contributed by atoms with E-state index in [2.05, 4.69) is 0 Å². The van der Waals surface area contributed by atoms with Gasteiger partial charge in [-0.1, -0.05) is 0 Å². The monoisotopic (exact) mass is 352 g/mol. The topological polar surface area (TPSA) is 102 Å². The van der Waals surface area contributed by atoms with Gasteiger partial charge in [-0.2, -0.15) is 0 Å². The fourth-order valence-corrected chi connectivity index (χ4v) is 3.42. The van der Waals surface area contributed by atoms with Gasteiger partial charge < -0.3 is 9.52 Å². The van der Waals surface area contributed by atoms with Gasteiger partial charge in [-0.05, 0) is 42.8 Å². The van der Waals surface area contributed by atoms with Crippen LogP contribution in [0, 0.1) is 6.92 Å². The number of hydrogen-bond donors (Lipinski definition) is 1. The third kappa shape index (κ3) is 2.58. The molecular weight excluding hydrogens is 344 g/mol. The standard InChI is InChI=1S/C15H9ClO6S/c1-7-4-10-13(17)9-6-8(15(18)19)2-3-11(9)22-14(10)12(5-7)23(16,20)21/h2-6H,1H3,(H,18,19). The van der Waals surface area contributed by atoms with E-state index < -0.39 is 20.4 Å². The van der Waals surface area contributed by atoms with Crippen molar-refractivity contribution in [1.82, 2.24) is 0 Å². The molecule has 0 bridgehead atoms. The zero-order valence-electron chi connectivity index (χ0n) is 11.7. The van der Waals surface area contributed by atoms with E-state index in [1.165, 1.54) is 30.3 Å². The van der Waals surface area contributed by atoms with Crippen LogP contribution in [0.1, 0.15) is 15.9 Å². The van der Waals surface area contributed by atoms with Crippen LogP contribution in [0.4, 0.5) is 0 Å². The maximum atomic E-state index is 12.6. The molecule has 0 unspecified atom stereocenters. The van der Waals surface area contributed by atoms with Gasteiger partial charge in [0.2, 0.25) is 5.43 Å². The molecule has 0 saturated heterocycles. The number of carboxylic acid groups (broad SMARTS) is 1. The summed E-state index contributed by atoms with van der Waals surface area (Å²) >= 11 is 0. The van der Waals surface area contributed by atoms with Crippen LogP contribution in [0.25, 0.3) is 21.9 Å². The maximum Gasteiger partial charge on any atom is 0.335 e. The number of carboxylic acids is 1. The highest BCUT2D eigenvalue weighted by atomic mass is 35.7. The molecule has 0 saturated carbocycles. The van der Waals surface area contributed by atoms with Gasteiger partial charge in [0.15, 0.2) is 5.58 Å². The Kier molecular flexibility index (Phi) is 3.42. The van der Waals surface area contributed by atoms with Crippen molar-refractivity contribution in [3.63, 3.8) is 0 Å². The molecule has 1 aromatic heterocycles. The summed E-state index contributed by atoms with van der Waals surface area (Å²) in [5, 5.41) is 9.10. The molecule has 0 aliphatic heterocycles. The summed E-state index contributed by atoms with van der Waals surface area (Å²) in [5.41, 5.74) is -0.140. The highest BCUT2D eigenvalue weighted by Gasteiger charge is 2.20. The number of halogens is 1. The van der Waals surface area contributed by atoms with Crippen LogP contribution in [0.15, 0.2) is 44.4 Å². The summed E-state index contributed by atoms with van der Waals surface area (Å²) in [6.07, 6.45) is 0. The maximum absolute atomic E-state index is 12.6. The van der Waals surface area contributed by atoms with E-state index in [-0.39, 0.29) is 32.4 Å². The second kappa shape index (κ2) is 5.07. The van der Waals surface area contributed by atoms with Gasteiger partial charge in [0.1, 0.15) is 10.5 Å². The summed E-state index contributed by atoms with van der Waals surface area (Å²) < 4.78 is 28.9. The molecule has 3 aromatic rings. The lowest BCUT2D eigenvalue weighted by Crippen LogP contribution is -2.07. The van der Waals surface area contributed by atoms with Crippen LogP contribution < -0.4 is 5.43 Å². The lowest BCUT2D eigenvalue weighted by Gasteiger charge is -2.07. The van der Waals surface area contributed by atoms with E-state index >= 15 is 0 Å². The first-order valence-corrected chi connectivity index (χ1v) is 8.68. The molecule has 0 aliphatic rings. The number of rotatable bonds is 2. The van der Waals surface area contributed by atoms with Gasteiger partial charge in [0.25, 0.3) is 9.05 Å². The van der Waals surface area contributed by atoms with Crippen LogP contribution in [0.3, 0.4) is 0 Å². The minimum absolute atomic E-state index is 0.0271. The normalized spacial score (nSPS) is 11.9. The summed E-state index contributed by atoms with van der Waals surface area (Å²) in [5.74, 6) is -1.18. The molecule has 0 amide bonds. The average molecular weight is 353 g/mol. The highest BCUT2D eigenvalue weighted by molar-refractivity contribution is 8.14. The average Bonchev–Trinajstić information content (AvgIpc) is 2.46. The lowest BCUT2D eigenvalue weighted by molar-refractivity contribution is 0.0697. The van der Waals surface area contributed by atoms with Gasteiger partial charge in [0, 0.05) is 10.7 Å². The largest absolute Gasteiger partial charge is 0.478 e. The summed E-state index contributed by atoms with van der Waals surface area (Å²) in [4.78, 5) is 23.3. The minimum atomic E-state index is -4.11. The van der Waals surface area contributed by atoms with Crippen molar-refractivity contribution in [3.8, 4) is 0 Å². The smallest absolute Gasteiger partial charge is 0.335 e. The van der Waals surface area contributed by atoms with E-state index in [0.717, 1.165) is 0 Å². The lowest BCUT2D eigenvalue weighted by atomic mass is 10.1. The van der Waals surface area contributed by atoms with E-state index in [1.54, 1.807) is 6.92 Å². The molecule has 6 nitrogen and oxygen atoms in total. The molecule has 118 valence electrons. The van der Waals surface area contributed by atoms with Crippen molar-refractivity contribution < 1.29 is 22.7 Å². The van der Waals surface area contributed by atoms with Crippen LogP contribution >= 0.6 is 10.7 Å². The first-order chi connectivity index (χ1) is 10.7. The molecule has 0 fully saturated rings. The first-order valence-electron chi connectivity index (χ1n) is 6.37. The van der Waals surface area contributed by atoms with Crippen LogP contribution in [-0.2, 0) is 9.05 Å². The van der Waals surface area contributed by atoms with Crippen LogP contribution in [0.5, 0.6) is 0 Å². The predicted octanol–water partition coefficient (Wildman–Crippen LogP) is 2.88. The molecule has 0 atom stereocenters. The highest BCUT2D eigenvalue weighted by Crippen LogP contribution is 2.29. The van der Waals surface area contributed by atoms with Crippen molar-refractivity contribution in [3.05, 3.63) is 51.7 Å². The molecule has 2 aromatic carbocycles. The molecule has 0 radical (unpaired) electrons. The summed E-state index contributed by atoms with van der Waals surface area (Å²) in [6, 6.07) is 6.55. The Morgan fingerprint density at radius 2 is 1.87 bits per heavy atom. The predicted molar refractivity (Wildman–Crippen MR) is 84.7 cm³/mol. The second-order valence-corrected chi connectivity index (χ2v) is 7.56. The fraction of sp³-hybridized carbons (Fsp3) is 0.0667. The second-order valence-electron chi connectivity index (χ2n) is 5.02. The Morgan fingerprint density at radius 3 is 2.48 bits per heavy atom. The van der Waals surface area contributed by atoms with Crippen molar-refractivity contribution in [2.24, 2.45) is 0 Å². The van der Waals surface area contributed by atoms with Crippen molar-refractivity contribution in [2.75, 3.05) is 0 Å². The Balaban J connectivity index is 2.56. The molecule has 0 aliphatic carbocycles. The van der Waals surface area contributed by atoms with Crippen molar-refractivity contribution in [1.29, 1.82) is 0 Å². The number of aryl methyl sites for hydroxylation is 1. The molecule has 0 spiro atoms. The number of benzene rings is 2. The number of fused-ring (bicyclic) bond motifs is 2. The molecule has 8 heteroatoms. The summed E-state index contributed by atoms with van der Waals surface area (Å²) in [6.45, 7) is 1.61. The Morgan fingerprint density at radius 1 is 1.17 bits per heavy atom. The number of hydrogen-bond acceptors (Lipinski definition) is 5. The zero-order chi connectivity index (χ0) is 16.9. The third-order valence-electron chi connectivity index (χ3n) is 3.39. The first kappa shape index (κ1) is 15.5. The Hall–Kier alpha value is -2.38. The van der Waals surface area contributed by atoms with E-state index in [9.17, 15) is 18.0 Å². The SMILES string of the molecule is Cc1cc(S(=O)(=O)Cl)c2oc3ccc(C(=O)O)cc3c(=O)c2c1. The van der Waals surface area contributed by atoms with Gasteiger partial charge in [-0.25, -0.2) is 13.2 Å². The number of aromatic carboxylic acids is 1. The molecule has 1 N–H and O–H groups in total. The molecule has 3 rings (SSSR count). The van der Waals surface area contributed by atoms with E-state index in [0.29, 0.717) is 5.56 Å². The van der Waals surface area contributed by atoms with Crippen LogP contribution in [-0.4, -0.2) is 19.5 Å². The Labute approximate surface area is 134 Å². The number of carbonyl (C=O) groups is 1. The van der Waals surface area contributed by atoms with Crippen LogP contribution in [0.2, 0.25) is 0 Å². The van der Waals surface area contributed by atoms with Gasteiger partial charge >= 0.3 is 5.97 Å². The van der Waals surface area contributed by atoms with Gasteiger partial charge in [-0.15, -0.1) is 0 Å². The Bertz CT molecular complexity index is 1140. The zero-order valence-corrected chi connectivity index (χ0v) is 13.2. The van der Waals surface area contributed by atoms with E-state index in [4.69, 9.17) is 20.2 Å². The van der Waals surface area contributed by atoms with Gasteiger partial charge in [0.05, 0.1) is 16.3 Å². The summed E-state index contributed by atoms with van der Waals surface area (Å²) in [7, 11) is 1.30. The quantitative estimate of drug-likeness (QED) is 0.562. The minimum Gasteiger partial charge on any atom is -0.478 e.